The Kier molecular flexibility index (Phi) is 5.06. The average Bonchev–Trinajstić information content (AvgIpc) is 2.26. The number of hydrogen-bond donors (Lipinski definition) is 1. The molecule has 4 heteroatoms. The molecule has 0 radical (unpaired) electrons. The van der Waals surface area contributed by atoms with Crippen molar-refractivity contribution in [3.63, 3.8) is 0 Å². The van der Waals surface area contributed by atoms with E-state index in [0.29, 0.717) is 12.0 Å². The highest BCUT2D eigenvalue weighted by atomic mass is 16.6. The van der Waals surface area contributed by atoms with Gasteiger partial charge in [0.1, 0.15) is 5.60 Å². The summed E-state index contributed by atoms with van der Waals surface area (Å²) in [6, 6.07) is 3.33. The number of ether oxygens (including phenoxy) is 1. The summed E-state index contributed by atoms with van der Waals surface area (Å²) in [5.74, 6) is -1.69. The highest BCUT2D eigenvalue weighted by Crippen LogP contribution is 2.28. The van der Waals surface area contributed by atoms with E-state index >= 15 is 0 Å². The van der Waals surface area contributed by atoms with Crippen molar-refractivity contribution >= 4 is 11.9 Å². The van der Waals surface area contributed by atoms with Crippen LogP contribution in [0.5, 0.6) is 0 Å². The van der Waals surface area contributed by atoms with E-state index in [-0.39, 0.29) is 16.5 Å². The second-order valence-electron chi connectivity index (χ2n) is 7.83. The largest absolute Gasteiger partial charge is 0.478 e. The number of rotatable bonds is 3. The van der Waals surface area contributed by atoms with E-state index < -0.39 is 17.5 Å². The lowest BCUT2D eigenvalue weighted by molar-refractivity contribution is 0.00655. The number of aromatic carboxylic acids is 1. The van der Waals surface area contributed by atoms with Gasteiger partial charge in [0, 0.05) is 0 Å². The molecule has 0 saturated carbocycles. The standard InChI is InChI=1S/C18H26O4/c1-11-8-9-12(16(21)22-18(5,6)7)14(15(19)20)13(11)10-17(2,3)4/h8-9H,10H2,1-7H3,(H,19,20). The Bertz CT molecular complexity index is 586. The van der Waals surface area contributed by atoms with E-state index in [9.17, 15) is 14.7 Å². The second kappa shape index (κ2) is 6.11. The first kappa shape index (κ1) is 18.2. The summed E-state index contributed by atoms with van der Waals surface area (Å²) in [7, 11) is 0. The Labute approximate surface area is 132 Å². The molecule has 0 amide bonds. The molecule has 4 nitrogen and oxygen atoms in total. The van der Waals surface area contributed by atoms with Gasteiger partial charge in [0.2, 0.25) is 0 Å². The van der Waals surface area contributed by atoms with Crippen LogP contribution in [0.15, 0.2) is 12.1 Å². The molecule has 0 heterocycles. The van der Waals surface area contributed by atoms with Crippen LogP contribution in [0.3, 0.4) is 0 Å². The highest BCUT2D eigenvalue weighted by molar-refractivity contribution is 6.03. The van der Waals surface area contributed by atoms with Crippen LogP contribution in [0, 0.1) is 12.3 Å². The van der Waals surface area contributed by atoms with Gasteiger partial charge >= 0.3 is 11.9 Å². The van der Waals surface area contributed by atoms with E-state index in [1.807, 2.05) is 27.7 Å². The fourth-order valence-corrected chi connectivity index (χ4v) is 2.26. The monoisotopic (exact) mass is 306 g/mol. The lowest BCUT2D eigenvalue weighted by atomic mass is 9.83. The Hall–Kier alpha value is -1.84. The van der Waals surface area contributed by atoms with Gasteiger partial charge in [0.15, 0.2) is 0 Å². The minimum atomic E-state index is -1.09. The van der Waals surface area contributed by atoms with Crippen LogP contribution in [-0.2, 0) is 11.2 Å². The molecule has 0 unspecified atom stereocenters. The number of carbonyl (C=O) groups excluding carboxylic acids is 1. The molecule has 0 spiro atoms. The first-order valence-electron chi connectivity index (χ1n) is 7.41. The third kappa shape index (κ3) is 4.86. The lowest BCUT2D eigenvalue weighted by Crippen LogP contribution is -2.26. The number of carboxylic acids is 1. The molecule has 0 aliphatic rings. The zero-order valence-electron chi connectivity index (χ0n) is 14.5. The average molecular weight is 306 g/mol. The number of benzene rings is 1. The van der Waals surface area contributed by atoms with Crippen LogP contribution in [0.25, 0.3) is 0 Å². The molecule has 0 aromatic heterocycles. The minimum Gasteiger partial charge on any atom is -0.478 e. The van der Waals surface area contributed by atoms with E-state index in [4.69, 9.17) is 4.74 Å². The fraction of sp³-hybridized carbons (Fsp3) is 0.556. The molecule has 0 bridgehead atoms. The molecule has 1 aromatic rings. The van der Waals surface area contributed by atoms with Crippen molar-refractivity contribution in [3.8, 4) is 0 Å². The van der Waals surface area contributed by atoms with E-state index in [0.717, 1.165) is 5.56 Å². The van der Waals surface area contributed by atoms with Gasteiger partial charge < -0.3 is 9.84 Å². The molecule has 1 aromatic carbocycles. The highest BCUT2D eigenvalue weighted by Gasteiger charge is 2.27. The summed E-state index contributed by atoms with van der Waals surface area (Å²) >= 11 is 0. The molecule has 122 valence electrons. The summed E-state index contributed by atoms with van der Waals surface area (Å²) in [5.41, 5.74) is 1.00. The van der Waals surface area contributed by atoms with Gasteiger partial charge in [-0.1, -0.05) is 26.8 Å². The molecule has 1 N–H and O–H groups in total. The van der Waals surface area contributed by atoms with Crippen LogP contribution < -0.4 is 0 Å². The third-order valence-electron chi connectivity index (χ3n) is 3.09. The summed E-state index contributed by atoms with van der Waals surface area (Å²) < 4.78 is 5.34. The number of esters is 1. The molecular weight excluding hydrogens is 280 g/mol. The Morgan fingerprint density at radius 3 is 2.05 bits per heavy atom. The lowest BCUT2D eigenvalue weighted by Gasteiger charge is -2.24. The molecule has 0 saturated heterocycles. The Morgan fingerprint density at radius 1 is 1.09 bits per heavy atom. The molecule has 0 fully saturated rings. The Balaban J connectivity index is 3.44. The van der Waals surface area contributed by atoms with Gasteiger partial charge in [-0.15, -0.1) is 0 Å². The van der Waals surface area contributed by atoms with E-state index in [2.05, 4.69) is 0 Å². The third-order valence-corrected chi connectivity index (χ3v) is 3.09. The van der Waals surface area contributed by atoms with Crippen molar-refractivity contribution in [2.24, 2.45) is 5.41 Å². The quantitative estimate of drug-likeness (QED) is 0.848. The topological polar surface area (TPSA) is 63.6 Å². The van der Waals surface area contributed by atoms with Crippen molar-refractivity contribution in [3.05, 3.63) is 34.4 Å². The van der Waals surface area contributed by atoms with Crippen LogP contribution in [0.2, 0.25) is 0 Å². The van der Waals surface area contributed by atoms with Crippen LogP contribution >= 0.6 is 0 Å². The maximum atomic E-state index is 12.3. The summed E-state index contributed by atoms with van der Waals surface area (Å²) in [5, 5.41) is 9.61. The minimum absolute atomic E-state index is 0.0594. The fourth-order valence-electron chi connectivity index (χ4n) is 2.26. The molecule has 22 heavy (non-hydrogen) atoms. The van der Waals surface area contributed by atoms with Crippen molar-refractivity contribution < 1.29 is 19.4 Å². The number of aryl methyl sites for hydroxylation is 1. The molecule has 0 aliphatic heterocycles. The second-order valence-corrected chi connectivity index (χ2v) is 7.83. The predicted molar refractivity (Wildman–Crippen MR) is 86.5 cm³/mol. The van der Waals surface area contributed by atoms with Crippen molar-refractivity contribution in [2.45, 2.75) is 60.5 Å². The van der Waals surface area contributed by atoms with E-state index in [1.54, 1.807) is 32.9 Å². The van der Waals surface area contributed by atoms with E-state index in [1.165, 1.54) is 0 Å². The van der Waals surface area contributed by atoms with Crippen molar-refractivity contribution in [2.75, 3.05) is 0 Å². The SMILES string of the molecule is Cc1ccc(C(=O)OC(C)(C)C)c(C(=O)O)c1CC(C)(C)C. The zero-order chi connectivity index (χ0) is 17.3. The smallest absolute Gasteiger partial charge is 0.339 e. The van der Waals surface area contributed by atoms with Crippen LogP contribution in [0.4, 0.5) is 0 Å². The predicted octanol–water partition coefficient (Wildman–Crippen LogP) is 4.24. The molecule has 1 rings (SSSR count). The van der Waals surface area contributed by atoms with Gasteiger partial charge in [0.25, 0.3) is 0 Å². The summed E-state index contributed by atoms with van der Waals surface area (Å²) in [6.07, 6.45) is 0.580. The van der Waals surface area contributed by atoms with Crippen molar-refractivity contribution in [1.82, 2.24) is 0 Å². The normalized spacial score (nSPS) is 12.1. The Morgan fingerprint density at radius 2 is 1.64 bits per heavy atom. The molecular formula is C18H26O4. The maximum Gasteiger partial charge on any atom is 0.339 e. The number of carbonyl (C=O) groups is 2. The van der Waals surface area contributed by atoms with Crippen LogP contribution in [0.1, 0.15) is 73.4 Å². The first-order chi connectivity index (χ1) is 9.82. The summed E-state index contributed by atoms with van der Waals surface area (Å²) in [4.78, 5) is 24.1. The van der Waals surface area contributed by atoms with Gasteiger partial charge in [-0.05, 0) is 56.7 Å². The van der Waals surface area contributed by atoms with Gasteiger partial charge in [-0.2, -0.15) is 0 Å². The van der Waals surface area contributed by atoms with Crippen LogP contribution in [-0.4, -0.2) is 22.6 Å². The molecule has 0 atom stereocenters. The van der Waals surface area contributed by atoms with Gasteiger partial charge in [0.05, 0.1) is 11.1 Å². The first-order valence-corrected chi connectivity index (χ1v) is 7.41. The summed E-state index contributed by atoms with van der Waals surface area (Å²) in [6.45, 7) is 13.3. The van der Waals surface area contributed by atoms with Gasteiger partial charge in [-0.3, -0.25) is 0 Å². The van der Waals surface area contributed by atoms with Crippen molar-refractivity contribution in [1.29, 1.82) is 0 Å². The molecule has 0 aliphatic carbocycles. The zero-order valence-corrected chi connectivity index (χ0v) is 14.5. The number of hydrogen-bond acceptors (Lipinski definition) is 3. The maximum absolute atomic E-state index is 12.3. The van der Waals surface area contributed by atoms with Gasteiger partial charge in [-0.25, -0.2) is 9.59 Å². The number of carboxylic acid groups (broad SMARTS) is 1.